The number of carbonyl (C=O) groups is 1. The molecule has 0 spiro atoms. The quantitative estimate of drug-likeness (QED) is 0.364. The first-order valence-corrected chi connectivity index (χ1v) is 12.1. The molecule has 0 aliphatic heterocycles. The van der Waals surface area contributed by atoms with Crippen molar-refractivity contribution in [3.05, 3.63) is 111 Å². The highest BCUT2D eigenvalue weighted by atomic mass is 79.9. The molecule has 3 aromatic carbocycles. The largest absolute Gasteiger partial charge is 0.329 e. The summed E-state index contributed by atoms with van der Waals surface area (Å²) < 4.78 is 2.60. The van der Waals surface area contributed by atoms with Crippen molar-refractivity contribution in [3.8, 4) is 0 Å². The van der Waals surface area contributed by atoms with Gasteiger partial charge >= 0.3 is 0 Å². The minimum atomic E-state index is -0.416. The molecule has 1 unspecified atom stereocenters. The molecule has 1 atom stereocenters. The number of para-hydroxylation sites is 1. The Morgan fingerprint density at radius 2 is 1.71 bits per heavy atom. The van der Waals surface area contributed by atoms with Crippen molar-refractivity contribution >= 4 is 32.7 Å². The van der Waals surface area contributed by atoms with Gasteiger partial charge in [-0.3, -0.25) is 14.2 Å². The lowest BCUT2D eigenvalue weighted by atomic mass is 10.1. The molecule has 7 heteroatoms. The molecule has 6 nitrogen and oxygen atoms in total. The van der Waals surface area contributed by atoms with Crippen LogP contribution in [-0.2, 0) is 6.54 Å². The number of amides is 1. The maximum Gasteiger partial charge on any atom is 0.261 e. The van der Waals surface area contributed by atoms with Gasteiger partial charge in [0, 0.05) is 23.1 Å². The molecule has 0 aliphatic carbocycles. The van der Waals surface area contributed by atoms with E-state index in [1.165, 1.54) is 0 Å². The molecular weight excluding hydrogens is 492 g/mol. The topological polar surface area (TPSA) is 81.2 Å². The monoisotopic (exact) mass is 518 g/mol. The number of hydrogen-bond acceptors (Lipinski definition) is 4. The van der Waals surface area contributed by atoms with Crippen molar-refractivity contribution in [2.75, 3.05) is 13.1 Å². The Hall–Kier alpha value is -3.29. The van der Waals surface area contributed by atoms with Gasteiger partial charge in [0.15, 0.2) is 0 Å². The summed E-state index contributed by atoms with van der Waals surface area (Å²) in [4.78, 5) is 33.9. The van der Waals surface area contributed by atoms with Crippen LogP contribution >= 0.6 is 15.9 Å². The molecule has 1 amide bonds. The second-order valence-corrected chi connectivity index (χ2v) is 9.00. The third kappa shape index (κ3) is 4.95. The Morgan fingerprint density at radius 3 is 2.38 bits per heavy atom. The Balaban J connectivity index is 1.87. The molecule has 4 aromatic rings. The number of hydrogen-bond donors (Lipinski definition) is 1. The average molecular weight is 519 g/mol. The minimum absolute atomic E-state index is 0.119. The van der Waals surface area contributed by atoms with Crippen LogP contribution in [0.15, 0.2) is 88.1 Å². The van der Waals surface area contributed by atoms with E-state index in [1.807, 2.05) is 67.6 Å². The molecule has 174 valence electrons. The molecule has 4 rings (SSSR count). The van der Waals surface area contributed by atoms with Gasteiger partial charge in [-0.25, -0.2) is 4.98 Å². The van der Waals surface area contributed by atoms with E-state index in [2.05, 4.69) is 15.9 Å². The summed E-state index contributed by atoms with van der Waals surface area (Å²) in [5.41, 5.74) is 7.98. The zero-order valence-corrected chi connectivity index (χ0v) is 20.6. The first kappa shape index (κ1) is 23.9. The highest BCUT2D eigenvalue weighted by molar-refractivity contribution is 9.10. The summed E-state index contributed by atoms with van der Waals surface area (Å²) >= 11 is 3.42. The summed E-state index contributed by atoms with van der Waals surface area (Å²) in [7, 11) is 0. The summed E-state index contributed by atoms with van der Waals surface area (Å²) in [5.74, 6) is 0.424. The number of fused-ring (bicyclic) bond motifs is 1. The molecule has 2 N–H and O–H groups in total. The molecule has 0 saturated heterocycles. The van der Waals surface area contributed by atoms with Crippen LogP contribution in [0.4, 0.5) is 0 Å². The SMILES string of the molecule is CCC(c1nc2ccccc2c(=O)n1Cc1ccccc1)N(CCN)C(=O)c1ccc(Br)cc1. The predicted octanol–water partition coefficient (Wildman–Crippen LogP) is 4.76. The maximum absolute atomic E-state index is 13.6. The fourth-order valence-electron chi connectivity index (χ4n) is 4.20. The first-order chi connectivity index (χ1) is 16.5. The van der Waals surface area contributed by atoms with Crippen molar-refractivity contribution < 1.29 is 4.79 Å². The van der Waals surface area contributed by atoms with E-state index in [0.717, 1.165) is 10.0 Å². The summed E-state index contributed by atoms with van der Waals surface area (Å²) in [5, 5.41) is 0.557. The van der Waals surface area contributed by atoms with Crippen LogP contribution < -0.4 is 11.3 Å². The summed E-state index contributed by atoms with van der Waals surface area (Å²) in [6.45, 7) is 3.01. The van der Waals surface area contributed by atoms with E-state index in [0.29, 0.717) is 48.3 Å². The van der Waals surface area contributed by atoms with Gasteiger partial charge in [-0.05, 0) is 48.4 Å². The van der Waals surface area contributed by atoms with Crippen molar-refractivity contribution in [2.45, 2.75) is 25.9 Å². The number of aromatic nitrogens is 2. The van der Waals surface area contributed by atoms with E-state index < -0.39 is 6.04 Å². The number of nitrogens with two attached hydrogens (primary N) is 1. The van der Waals surface area contributed by atoms with Gasteiger partial charge < -0.3 is 10.6 Å². The van der Waals surface area contributed by atoms with Crippen molar-refractivity contribution in [1.82, 2.24) is 14.5 Å². The highest BCUT2D eigenvalue weighted by Crippen LogP contribution is 2.26. The second kappa shape index (κ2) is 10.8. The Labute approximate surface area is 207 Å². The normalized spacial score (nSPS) is 12.0. The van der Waals surface area contributed by atoms with Gasteiger partial charge in [0.05, 0.1) is 23.5 Å². The van der Waals surface area contributed by atoms with E-state index in [4.69, 9.17) is 10.7 Å². The third-order valence-electron chi connectivity index (χ3n) is 5.86. The van der Waals surface area contributed by atoms with Crippen LogP contribution in [-0.4, -0.2) is 33.4 Å². The molecule has 1 aromatic heterocycles. The Bertz CT molecular complexity index is 1340. The fourth-order valence-corrected chi connectivity index (χ4v) is 4.46. The van der Waals surface area contributed by atoms with Gasteiger partial charge in [-0.1, -0.05) is 65.3 Å². The molecule has 1 heterocycles. The standard InChI is InChI=1S/C27H27BrN4O2/c1-2-24(31(17-16-29)26(33)20-12-14-21(28)15-13-20)25-30-23-11-7-6-10-22(23)27(34)32(25)18-19-8-4-3-5-9-19/h3-15,24H,2,16-18,29H2,1H3. The van der Waals surface area contributed by atoms with Crippen LogP contribution in [0.2, 0.25) is 0 Å². The fraction of sp³-hybridized carbons (Fsp3) is 0.222. The van der Waals surface area contributed by atoms with E-state index in [-0.39, 0.29) is 11.5 Å². The highest BCUT2D eigenvalue weighted by Gasteiger charge is 2.29. The first-order valence-electron chi connectivity index (χ1n) is 11.3. The zero-order chi connectivity index (χ0) is 24.1. The van der Waals surface area contributed by atoms with Crippen molar-refractivity contribution in [2.24, 2.45) is 5.73 Å². The number of carbonyl (C=O) groups excluding carboxylic acids is 1. The predicted molar refractivity (Wildman–Crippen MR) is 139 cm³/mol. The van der Waals surface area contributed by atoms with Gasteiger partial charge in [0.1, 0.15) is 5.82 Å². The van der Waals surface area contributed by atoms with Gasteiger partial charge in [-0.2, -0.15) is 0 Å². The van der Waals surface area contributed by atoms with E-state index >= 15 is 0 Å². The van der Waals surface area contributed by atoms with Gasteiger partial charge in [0.2, 0.25) is 0 Å². The van der Waals surface area contributed by atoms with Crippen LogP contribution in [0.3, 0.4) is 0 Å². The molecule has 0 bridgehead atoms. The molecule has 0 fully saturated rings. The summed E-state index contributed by atoms with van der Waals surface area (Å²) in [6.07, 6.45) is 0.585. The van der Waals surface area contributed by atoms with Crippen LogP contribution in [0.25, 0.3) is 10.9 Å². The Morgan fingerprint density at radius 1 is 1.03 bits per heavy atom. The lowest BCUT2D eigenvalue weighted by molar-refractivity contribution is 0.0664. The Kier molecular flexibility index (Phi) is 7.55. The minimum Gasteiger partial charge on any atom is -0.329 e. The van der Waals surface area contributed by atoms with Crippen LogP contribution in [0.1, 0.15) is 41.1 Å². The van der Waals surface area contributed by atoms with Crippen LogP contribution in [0, 0.1) is 0 Å². The molecular formula is C27H27BrN4O2. The van der Waals surface area contributed by atoms with E-state index in [1.54, 1.807) is 27.7 Å². The average Bonchev–Trinajstić information content (AvgIpc) is 2.87. The molecule has 34 heavy (non-hydrogen) atoms. The molecule has 0 aliphatic rings. The lowest BCUT2D eigenvalue weighted by Crippen LogP contribution is -2.41. The van der Waals surface area contributed by atoms with Crippen LogP contribution in [0.5, 0.6) is 0 Å². The number of halogens is 1. The smallest absolute Gasteiger partial charge is 0.261 e. The van der Waals surface area contributed by atoms with Gasteiger partial charge in [0.25, 0.3) is 11.5 Å². The second-order valence-electron chi connectivity index (χ2n) is 8.08. The summed E-state index contributed by atoms with van der Waals surface area (Å²) in [6, 6.07) is 24.0. The van der Waals surface area contributed by atoms with Crippen molar-refractivity contribution in [3.63, 3.8) is 0 Å². The molecule has 0 radical (unpaired) electrons. The molecule has 0 saturated carbocycles. The number of benzene rings is 3. The number of nitrogens with zero attached hydrogens (tertiary/aromatic N) is 3. The lowest BCUT2D eigenvalue weighted by Gasteiger charge is -2.32. The van der Waals surface area contributed by atoms with Crippen molar-refractivity contribution in [1.29, 1.82) is 0 Å². The van der Waals surface area contributed by atoms with E-state index in [9.17, 15) is 9.59 Å². The third-order valence-corrected chi connectivity index (χ3v) is 6.39. The van der Waals surface area contributed by atoms with Gasteiger partial charge in [-0.15, -0.1) is 0 Å². The zero-order valence-electron chi connectivity index (χ0n) is 19.0. The number of rotatable bonds is 8. The maximum atomic E-state index is 13.6.